The zero-order valence-corrected chi connectivity index (χ0v) is 10.4. The number of benzene rings is 1. The Hall–Kier alpha value is -0.820. The average molecular weight is 205 g/mol. The standard InChI is InChI=1S/C14H23N/c1-5-11(2)10-14(4,15)13-8-6-7-12(3)9-13/h6-9,11H,5,10,15H2,1-4H3. The van der Waals surface area contributed by atoms with Gasteiger partial charge in [0.15, 0.2) is 0 Å². The van der Waals surface area contributed by atoms with Crippen molar-refractivity contribution in [3.8, 4) is 0 Å². The summed E-state index contributed by atoms with van der Waals surface area (Å²) in [7, 11) is 0. The van der Waals surface area contributed by atoms with Crippen LogP contribution in [0.4, 0.5) is 0 Å². The first-order valence-electron chi connectivity index (χ1n) is 5.81. The van der Waals surface area contributed by atoms with E-state index in [1.54, 1.807) is 0 Å². The molecule has 0 aliphatic carbocycles. The zero-order chi connectivity index (χ0) is 11.5. The lowest BCUT2D eigenvalue weighted by atomic mass is 9.83. The van der Waals surface area contributed by atoms with Crippen molar-refractivity contribution < 1.29 is 0 Å². The highest BCUT2D eigenvalue weighted by molar-refractivity contribution is 5.28. The van der Waals surface area contributed by atoms with Gasteiger partial charge >= 0.3 is 0 Å². The summed E-state index contributed by atoms with van der Waals surface area (Å²) in [6.07, 6.45) is 2.24. The topological polar surface area (TPSA) is 26.0 Å². The van der Waals surface area contributed by atoms with E-state index < -0.39 is 0 Å². The molecule has 1 nitrogen and oxygen atoms in total. The SMILES string of the molecule is CCC(C)CC(C)(N)c1cccc(C)c1. The van der Waals surface area contributed by atoms with Gasteiger partial charge in [-0.15, -0.1) is 0 Å². The van der Waals surface area contributed by atoms with Gasteiger partial charge in [0.2, 0.25) is 0 Å². The Morgan fingerprint density at radius 3 is 2.60 bits per heavy atom. The quantitative estimate of drug-likeness (QED) is 0.798. The highest BCUT2D eigenvalue weighted by atomic mass is 14.7. The second kappa shape index (κ2) is 4.80. The van der Waals surface area contributed by atoms with E-state index in [4.69, 9.17) is 5.73 Å². The third-order valence-corrected chi connectivity index (χ3v) is 3.15. The third-order valence-electron chi connectivity index (χ3n) is 3.15. The Morgan fingerprint density at radius 1 is 1.40 bits per heavy atom. The summed E-state index contributed by atoms with van der Waals surface area (Å²) in [6.45, 7) is 8.73. The Bertz CT molecular complexity index is 315. The second-order valence-electron chi connectivity index (χ2n) is 5.00. The molecule has 0 aliphatic rings. The largest absolute Gasteiger partial charge is 0.322 e. The van der Waals surface area contributed by atoms with Crippen molar-refractivity contribution in [2.75, 3.05) is 0 Å². The molecule has 15 heavy (non-hydrogen) atoms. The van der Waals surface area contributed by atoms with Crippen molar-refractivity contribution in [2.45, 2.75) is 46.1 Å². The molecule has 0 aromatic heterocycles. The van der Waals surface area contributed by atoms with Gasteiger partial charge in [-0.25, -0.2) is 0 Å². The molecule has 2 atom stereocenters. The molecule has 0 spiro atoms. The van der Waals surface area contributed by atoms with Gasteiger partial charge in [0, 0.05) is 5.54 Å². The summed E-state index contributed by atoms with van der Waals surface area (Å²) in [6, 6.07) is 8.53. The van der Waals surface area contributed by atoms with Crippen LogP contribution in [0.15, 0.2) is 24.3 Å². The molecule has 0 fully saturated rings. The molecule has 0 saturated carbocycles. The summed E-state index contributed by atoms with van der Waals surface area (Å²) in [5.41, 5.74) is 8.73. The molecule has 1 aromatic carbocycles. The Labute approximate surface area is 93.7 Å². The van der Waals surface area contributed by atoms with Gasteiger partial charge in [-0.05, 0) is 31.7 Å². The Morgan fingerprint density at radius 2 is 2.07 bits per heavy atom. The molecular weight excluding hydrogens is 182 g/mol. The fourth-order valence-electron chi connectivity index (χ4n) is 1.99. The Balaban J connectivity index is 2.85. The van der Waals surface area contributed by atoms with E-state index in [2.05, 4.69) is 52.0 Å². The minimum absolute atomic E-state index is 0.193. The molecule has 0 saturated heterocycles. The second-order valence-corrected chi connectivity index (χ2v) is 5.00. The molecule has 0 heterocycles. The van der Waals surface area contributed by atoms with Gasteiger partial charge in [-0.2, -0.15) is 0 Å². The van der Waals surface area contributed by atoms with Crippen molar-refractivity contribution in [2.24, 2.45) is 11.7 Å². The maximum Gasteiger partial charge on any atom is 0.0383 e. The van der Waals surface area contributed by atoms with Crippen molar-refractivity contribution in [3.63, 3.8) is 0 Å². The summed E-state index contributed by atoms with van der Waals surface area (Å²) in [5, 5.41) is 0. The van der Waals surface area contributed by atoms with Crippen LogP contribution in [-0.2, 0) is 5.54 Å². The van der Waals surface area contributed by atoms with E-state index in [-0.39, 0.29) is 5.54 Å². The maximum absolute atomic E-state index is 6.38. The number of hydrogen-bond donors (Lipinski definition) is 1. The van der Waals surface area contributed by atoms with Crippen LogP contribution in [0.25, 0.3) is 0 Å². The molecule has 0 radical (unpaired) electrons. The number of aryl methyl sites for hydroxylation is 1. The van der Waals surface area contributed by atoms with Crippen LogP contribution in [0.2, 0.25) is 0 Å². The lowest BCUT2D eigenvalue weighted by molar-refractivity contribution is 0.356. The van der Waals surface area contributed by atoms with E-state index >= 15 is 0 Å². The minimum atomic E-state index is -0.193. The minimum Gasteiger partial charge on any atom is -0.322 e. The first-order valence-corrected chi connectivity index (χ1v) is 5.81. The van der Waals surface area contributed by atoms with Crippen LogP contribution in [-0.4, -0.2) is 0 Å². The van der Waals surface area contributed by atoms with Crippen LogP contribution < -0.4 is 5.73 Å². The number of nitrogens with two attached hydrogens (primary N) is 1. The van der Waals surface area contributed by atoms with Crippen LogP contribution in [0.3, 0.4) is 0 Å². The van der Waals surface area contributed by atoms with Crippen molar-refractivity contribution in [1.29, 1.82) is 0 Å². The molecule has 0 amide bonds. The predicted octanol–water partition coefficient (Wildman–Crippen LogP) is 3.61. The predicted molar refractivity (Wildman–Crippen MR) is 66.8 cm³/mol. The fraction of sp³-hybridized carbons (Fsp3) is 0.571. The highest BCUT2D eigenvalue weighted by Crippen LogP contribution is 2.27. The number of rotatable bonds is 4. The Kier molecular flexibility index (Phi) is 3.92. The molecule has 1 heteroatoms. The number of hydrogen-bond acceptors (Lipinski definition) is 1. The van der Waals surface area contributed by atoms with Gasteiger partial charge in [0.25, 0.3) is 0 Å². The van der Waals surface area contributed by atoms with Gasteiger partial charge in [0.1, 0.15) is 0 Å². The summed E-state index contributed by atoms with van der Waals surface area (Å²) < 4.78 is 0. The zero-order valence-electron chi connectivity index (χ0n) is 10.4. The fourth-order valence-corrected chi connectivity index (χ4v) is 1.99. The van der Waals surface area contributed by atoms with E-state index in [0.717, 1.165) is 6.42 Å². The monoisotopic (exact) mass is 205 g/mol. The lowest BCUT2D eigenvalue weighted by Crippen LogP contribution is -2.34. The van der Waals surface area contributed by atoms with Crippen LogP contribution in [0.5, 0.6) is 0 Å². The lowest BCUT2D eigenvalue weighted by Gasteiger charge is -2.28. The normalized spacial score (nSPS) is 17.1. The van der Waals surface area contributed by atoms with Crippen LogP contribution in [0.1, 0.15) is 44.7 Å². The highest BCUT2D eigenvalue weighted by Gasteiger charge is 2.23. The first kappa shape index (κ1) is 12.3. The summed E-state index contributed by atoms with van der Waals surface area (Å²) >= 11 is 0. The van der Waals surface area contributed by atoms with E-state index in [9.17, 15) is 0 Å². The van der Waals surface area contributed by atoms with Crippen LogP contribution in [0, 0.1) is 12.8 Å². The molecule has 84 valence electrons. The molecule has 2 unspecified atom stereocenters. The van der Waals surface area contributed by atoms with Crippen molar-refractivity contribution >= 4 is 0 Å². The van der Waals surface area contributed by atoms with E-state index in [1.165, 1.54) is 17.5 Å². The van der Waals surface area contributed by atoms with Gasteiger partial charge in [0.05, 0.1) is 0 Å². The first-order chi connectivity index (χ1) is 6.95. The van der Waals surface area contributed by atoms with Gasteiger partial charge in [-0.3, -0.25) is 0 Å². The smallest absolute Gasteiger partial charge is 0.0383 e. The van der Waals surface area contributed by atoms with Crippen molar-refractivity contribution in [1.82, 2.24) is 0 Å². The molecule has 0 aliphatic heterocycles. The van der Waals surface area contributed by atoms with Gasteiger partial charge < -0.3 is 5.73 Å². The molecule has 1 rings (SSSR count). The molecule has 0 bridgehead atoms. The molecular formula is C14H23N. The maximum atomic E-state index is 6.38. The van der Waals surface area contributed by atoms with Crippen LogP contribution >= 0.6 is 0 Å². The van der Waals surface area contributed by atoms with E-state index in [0.29, 0.717) is 5.92 Å². The van der Waals surface area contributed by atoms with Gasteiger partial charge in [-0.1, -0.05) is 50.1 Å². The van der Waals surface area contributed by atoms with E-state index in [1.807, 2.05) is 0 Å². The molecule has 2 N–H and O–H groups in total. The summed E-state index contributed by atoms with van der Waals surface area (Å²) in [5.74, 6) is 0.681. The van der Waals surface area contributed by atoms with Crippen molar-refractivity contribution in [3.05, 3.63) is 35.4 Å². The summed E-state index contributed by atoms with van der Waals surface area (Å²) in [4.78, 5) is 0. The average Bonchev–Trinajstić information content (AvgIpc) is 2.17. The molecule has 1 aromatic rings. The third kappa shape index (κ3) is 3.35.